The molecule has 0 bridgehead atoms. The average molecular weight is 348 g/mol. The van der Waals surface area contributed by atoms with Crippen LogP contribution in [0.2, 0.25) is 0 Å². The van der Waals surface area contributed by atoms with Crippen molar-refractivity contribution in [2.75, 3.05) is 37.9 Å². The summed E-state index contributed by atoms with van der Waals surface area (Å²) in [7, 11) is 3.44. The second-order valence-corrected chi connectivity index (χ2v) is 5.40. The van der Waals surface area contributed by atoms with Crippen LogP contribution < -0.4 is 10.6 Å². The molecule has 4 nitrogen and oxygen atoms in total. The maximum absolute atomic E-state index is 6.05. The lowest BCUT2D eigenvalue weighted by atomic mass is 10.2. The molecule has 0 aliphatic carbocycles. The van der Waals surface area contributed by atoms with E-state index in [4.69, 9.17) is 15.2 Å². The van der Waals surface area contributed by atoms with Gasteiger partial charge in [-0.05, 0) is 40.8 Å². The van der Waals surface area contributed by atoms with Gasteiger partial charge in [0.15, 0.2) is 0 Å². The fraction of sp³-hybridized carbons (Fsp3) is 0.500. The topological polar surface area (TPSA) is 47.7 Å². The van der Waals surface area contributed by atoms with Crippen LogP contribution in [0.25, 0.3) is 0 Å². The van der Waals surface area contributed by atoms with E-state index >= 15 is 0 Å². The van der Waals surface area contributed by atoms with Gasteiger partial charge in [-0.3, -0.25) is 0 Å². The summed E-state index contributed by atoms with van der Waals surface area (Å²) in [5.41, 5.74) is 7.92. The summed E-state index contributed by atoms with van der Waals surface area (Å²) in [5.74, 6) is 0. The first-order valence-corrected chi connectivity index (χ1v) is 6.59. The minimum atomic E-state index is 0.110. The van der Waals surface area contributed by atoms with Crippen LogP contribution >= 0.6 is 22.6 Å². The number of nitrogens with two attached hydrogens (primary N) is 1. The fourth-order valence-corrected chi connectivity index (χ4v) is 2.72. The van der Waals surface area contributed by atoms with E-state index in [9.17, 15) is 0 Å². The zero-order chi connectivity index (χ0) is 12.4. The van der Waals surface area contributed by atoms with Crippen LogP contribution in [0.5, 0.6) is 0 Å². The van der Waals surface area contributed by atoms with Crippen LogP contribution in [0, 0.1) is 3.57 Å². The Morgan fingerprint density at radius 2 is 1.82 bits per heavy atom. The molecule has 1 saturated heterocycles. The molecule has 0 aromatic heterocycles. The smallest absolute Gasteiger partial charge is 0.102 e. The molecule has 1 aliphatic heterocycles. The quantitative estimate of drug-likeness (QED) is 0.668. The molecule has 2 unspecified atom stereocenters. The Bertz CT molecular complexity index is 388. The summed E-state index contributed by atoms with van der Waals surface area (Å²) in [6.07, 6.45) is 0.220. The standard InChI is InChI=1S/C12H17IN2O2/c1-16-11-6-15(7-12(11)17-2)10-4-3-8(13)5-9(10)14/h3-5,11-12H,6-7,14H2,1-2H3. The third-order valence-electron chi connectivity index (χ3n) is 3.15. The minimum Gasteiger partial charge on any atom is -0.397 e. The Kier molecular flexibility index (Phi) is 4.11. The molecule has 1 aromatic carbocycles. The molecule has 1 aromatic rings. The van der Waals surface area contributed by atoms with Crippen molar-refractivity contribution in [2.45, 2.75) is 12.2 Å². The Morgan fingerprint density at radius 1 is 1.24 bits per heavy atom. The number of benzene rings is 1. The number of methoxy groups -OCH3 is 2. The highest BCUT2D eigenvalue weighted by Gasteiger charge is 2.33. The molecule has 0 saturated carbocycles. The van der Waals surface area contributed by atoms with E-state index in [1.165, 1.54) is 0 Å². The van der Waals surface area contributed by atoms with E-state index in [-0.39, 0.29) is 12.2 Å². The van der Waals surface area contributed by atoms with Gasteiger partial charge in [0.2, 0.25) is 0 Å². The number of anilines is 2. The van der Waals surface area contributed by atoms with Gasteiger partial charge in [0, 0.05) is 30.9 Å². The highest BCUT2D eigenvalue weighted by molar-refractivity contribution is 14.1. The molecule has 2 atom stereocenters. The van der Waals surface area contributed by atoms with Gasteiger partial charge in [0.1, 0.15) is 12.2 Å². The largest absolute Gasteiger partial charge is 0.397 e. The molecule has 1 aliphatic rings. The van der Waals surface area contributed by atoms with E-state index in [1.807, 2.05) is 6.07 Å². The van der Waals surface area contributed by atoms with Crippen molar-refractivity contribution in [3.05, 3.63) is 21.8 Å². The normalized spacial score (nSPS) is 24.3. The lowest BCUT2D eigenvalue weighted by Gasteiger charge is -2.20. The molecular weight excluding hydrogens is 331 g/mol. The van der Waals surface area contributed by atoms with E-state index in [2.05, 4.69) is 39.6 Å². The predicted octanol–water partition coefficient (Wildman–Crippen LogP) is 1.72. The van der Waals surface area contributed by atoms with E-state index in [0.717, 1.165) is 28.0 Å². The van der Waals surface area contributed by atoms with Gasteiger partial charge in [-0.25, -0.2) is 0 Å². The molecule has 2 rings (SSSR count). The van der Waals surface area contributed by atoms with Crippen molar-refractivity contribution < 1.29 is 9.47 Å². The summed E-state index contributed by atoms with van der Waals surface area (Å²) < 4.78 is 12.0. The fourth-order valence-electron chi connectivity index (χ4n) is 2.21. The molecule has 5 heteroatoms. The number of halogens is 1. The van der Waals surface area contributed by atoms with Gasteiger partial charge in [0.25, 0.3) is 0 Å². The Balaban J connectivity index is 2.19. The average Bonchev–Trinajstić information content (AvgIpc) is 2.72. The highest BCUT2D eigenvalue weighted by Crippen LogP contribution is 2.29. The van der Waals surface area contributed by atoms with Gasteiger partial charge in [-0.15, -0.1) is 0 Å². The summed E-state index contributed by atoms with van der Waals surface area (Å²) in [5, 5.41) is 0. The lowest BCUT2D eigenvalue weighted by Crippen LogP contribution is -2.27. The maximum Gasteiger partial charge on any atom is 0.102 e. The number of nitrogens with zero attached hydrogens (tertiary/aromatic N) is 1. The molecule has 1 fully saturated rings. The molecule has 2 N–H and O–H groups in total. The zero-order valence-corrected chi connectivity index (χ0v) is 12.2. The summed E-state index contributed by atoms with van der Waals surface area (Å²) >= 11 is 2.26. The van der Waals surface area contributed by atoms with Crippen molar-refractivity contribution in [3.8, 4) is 0 Å². The molecule has 0 amide bonds. The van der Waals surface area contributed by atoms with Crippen molar-refractivity contribution in [1.29, 1.82) is 0 Å². The van der Waals surface area contributed by atoms with Crippen molar-refractivity contribution >= 4 is 34.0 Å². The van der Waals surface area contributed by atoms with Crippen molar-refractivity contribution in [1.82, 2.24) is 0 Å². The first-order valence-electron chi connectivity index (χ1n) is 5.51. The molecular formula is C12H17IN2O2. The molecule has 1 heterocycles. The monoisotopic (exact) mass is 348 g/mol. The first-order chi connectivity index (χ1) is 8.15. The summed E-state index contributed by atoms with van der Waals surface area (Å²) in [6, 6.07) is 6.11. The van der Waals surface area contributed by atoms with Crippen LogP contribution in [-0.4, -0.2) is 39.5 Å². The van der Waals surface area contributed by atoms with Gasteiger partial charge < -0.3 is 20.1 Å². The predicted molar refractivity (Wildman–Crippen MR) is 77.4 cm³/mol. The third-order valence-corrected chi connectivity index (χ3v) is 3.82. The van der Waals surface area contributed by atoms with Crippen molar-refractivity contribution in [3.63, 3.8) is 0 Å². The summed E-state index contributed by atoms with van der Waals surface area (Å²) in [4.78, 5) is 2.22. The van der Waals surface area contributed by atoms with Crippen LogP contribution in [0.15, 0.2) is 18.2 Å². The second kappa shape index (κ2) is 5.41. The molecule has 0 spiro atoms. The maximum atomic E-state index is 6.05. The Labute approximate surface area is 115 Å². The third kappa shape index (κ3) is 2.66. The Hall–Kier alpha value is -0.530. The van der Waals surface area contributed by atoms with Gasteiger partial charge in [-0.1, -0.05) is 0 Å². The minimum absolute atomic E-state index is 0.110. The summed E-state index contributed by atoms with van der Waals surface area (Å²) in [6.45, 7) is 1.64. The van der Waals surface area contributed by atoms with Gasteiger partial charge in [0.05, 0.1) is 11.4 Å². The van der Waals surface area contributed by atoms with Crippen molar-refractivity contribution in [2.24, 2.45) is 0 Å². The second-order valence-electron chi connectivity index (χ2n) is 4.16. The number of nitrogen functional groups attached to an aromatic ring is 1. The van der Waals surface area contributed by atoms with Crippen LogP contribution in [0.3, 0.4) is 0 Å². The Morgan fingerprint density at radius 3 is 2.29 bits per heavy atom. The van der Waals surface area contributed by atoms with Crippen LogP contribution in [0.1, 0.15) is 0 Å². The van der Waals surface area contributed by atoms with E-state index < -0.39 is 0 Å². The van der Waals surface area contributed by atoms with Crippen LogP contribution in [-0.2, 0) is 9.47 Å². The molecule has 94 valence electrons. The molecule has 0 radical (unpaired) electrons. The zero-order valence-electron chi connectivity index (χ0n) is 10.0. The van der Waals surface area contributed by atoms with Gasteiger partial charge in [-0.2, -0.15) is 0 Å². The number of hydrogen-bond donors (Lipinski definition) is 1. The van der Waals surface area contributed by atoms with E-state index in [1.54, 1.807) is 14.2 Å². The molecule has 17 heavy (non-hydrogen) atoms. The highest BCUT2D eigenvalue weighted by atomic mass is 127. The SMILES string of the molecule is COC1CN(c2ccc(I)cc2N)CC1OC. The lowest BCUT2D eigenvalue weighted by molar-refractivity contribution is -0.00461. The van der Waals surface area contributed by atoms with E-state index in [0.29, 0.717) is 0 Å². The number of hydrogen-bond acceptors (Lipinski definition) is 4. The number of rotatable bonds is 3. The first kappa shape index (κ1) is 12.9. The van der Waals surface area contributed by atoms with Crippen LogP contribution in [0.4, 0.5) is 11.4 Å². The van der Waals surface area contributed by atoms with Gasteiger partial charge >= 0.3 is 0 Å². The number of ether oxygens (including phenoxy) is 2.